The van der Waals surface area contributed by atoms with E-state index < -0.39 is 24.4 Å². The molecule has 1 amide bonds. The number of ether oxygens (including phenoxy) is 1. The molecule has 0 aliphatic heterocycles. The number of aliphatic imine (C=N–C) groups is 1. The Morgan fingerprint density at radius 1 is 1.29 bits per heavy atom. The van der Waals surface area contributed by atoms with Crippen molar-refractivity contribution >= 4 is 35.8 Å². The van der Waals surface area contributed by atoms with E-state index >= 15 is 0 Å². The molecule has 0 saturated heterocycles. The number of nitrogens with one attached hydrogen (secondary N) is 2. The van der Waals surface area contributed by atoms with Gasteiger partial charge in [-0.05, 0) is 18.6 Å². The SMILES string of the molecule is CCC(CNC(=NC)NCC(=O)N(C)CC(F)(F)F)Oc1ccccc1F.I. The van der Waals surface area contributed by atoms with Crippen LogP contribution in [0.15, 0.2) is 29.3 Å². The van der Waals surface area contributed by atoms with Crippen molar-refractivity contribution < 1.29 is 27.1 Å². The van der Waals surface area contributed by atoms with E-state index in [1.165, 1.54) is 19.2 Å². The second-order valence-electron chi connectivity index (χ2n) is 5.75. The highest BCUT2D eigenvalue weighted by molar-refractivity contribution is 14.0. The van der Waals surface area contributed by atoms with Crippen molar-refractivity contribution in [1.82, 2.24) is 15.5 Å². The Labute approximate surface area is 178 Å². The van der Waals surface area contributed by atoms with Crippen molar-refractivity contribution in [2.24, 2.45) is 4.99 Å². The predicted molar refractivity (Wildman–Crippen MR) is 110 cm³/mol. The van der Waals surface area contributed by atoms with Gasteiger partial charge in [-0.1, -0.05) is 19.1 Å². The Morgan fingerprint density at radius 3 is 2.46 bits per heavy atom. The molecular weight excluding hydrogens is 495 g/mol. The van der Waals surface area contributed by atoms with Gasteiger partial charge in [0.15, 0.2) is 17.5 Å². The number of halogens is 5. The average molecular weight is 520 g/mol. The van der Waals surface area contributed by atoms with E-state index in [9.17, 15) is 22.4 Å². The molecule has 160 valence electrons. The Bertz CT molecular complexity index is 644. The molecule has 0 bridgehead atoms. The molecule has 28 heavy (non-hydrogen) atoms. The van der Waals surface area contributed by atoms with E-state index in [1.807, 2.05) is 6.92 Å². The third-order valence-electron chi connectivity index (χ3n) is 3.56. The van der Waals surface area contributed by atoms with Crippen LogP contribution in [0.25, 0.3) is 0 Å². The number of rotatable bonds is 8. The third kappa shape index (κ3) is 9.95. The monoisotopic (exact) mass is 520 g/mol. The predicted octanol–water partition coefficient (Wildman–Crippen LogP) is 2.79. The zero-order valence-electron chi connectivity index (χ0n) is 15.8. The molecule has 0 aliphatic rings. The van der Waals surface area contributed by atoms with E-state index in [0.717, 1.165) is 7.05 Å². The van der Waals surface area contributed by atoms with Crippen LogP contribution in [0.5, 0.6) is 5.75 Å². The summed E-state index contributed by atoms with van der Waals surface area (Å²) in [6.07, 6.45) is -4.25. The fourth-order valence-corrected chi connectivity index (χ4v) is 2.07. The van der Waals surface area contributed by atoms with Crippen LogP contribution in [0, 0.1) is 5.82 Å². The first kappa shape index (κ1) is 26.2. The Hall–Kier alpha value is -1.79. The summed E-state index contributed by atoms with van der Waals surface area (Å²) in [4.78, 5) is 16.2. The Balaban J connectivity index is 0.00000729. The van der Waals surface area contributed by atoms with Gasteiger partial charge in [-0.15, -0.1) is 24.0 Å². The lowest BCUT2D eigenvalue weighted by Gasteiger charge is -2.21. The number of alkyl halides is 3. The normalized spacial score (nSPS) is 12.6. The van der Waals surface area contributed by atoms with Crippen LogP contribution < -0.4 is 15.4 Å². The number of para-hydroxylation sites is 1. The van der Waals surface area contributed by atoms with Crippen molar-refractivity contribution in [1.29, 1.82) is 0 Å². The van der Waals surface area contributed by atoms with Gasteiger partial charge in [-0.3, -0.25) is 9.79 Å². The number of carbonyl (C=O) groups is 1. The summed E-state index contributed by atoms with van der Waals surface area (Å²) in [5, 5.41) is 5.54. The van der Waals surface area contributed by atoms with Gasteiger partial charge in [0.2, 0.25) is 5.91 Å². The number of likely N-dealkylation sites (N-methyl/N-ethyl adjacent to an activating group) is 1. The molecule has 1 atom stereocenters. The Morgan fingerprint density at radius 2 is 1.93 bits per heavy atom. The molecule has 1 rings (SSSR count). The molecule has 0 aromatic heterocycles. The van der Waals surface area contributed by atoms with Gasteiger partial charge in [-0.25, -0.2) is 4.39 Å². The van der Waals surface area contributed by atoms with Gasteiger partial charge in [-0.2, -0.15) is 13.2 Å². The summed E-state index contributed by atoms with van der Waals surface area (Å²) in [6, 6.07) is 6.02. The number of guanidine groups is 1. The van der Waals surface area contributed by atoms with Crippen LogP contribution in [0.1, 0.15) is 13.3 Å². The van der Waals surface area contributed by atoms with Crippen LogP contribution in [0.3, 0.4) is 0 Å². The molecule has 1 aromatic carbocycles. The number of hydrogen-bond acceptors (Lipinski definition) is 3. The molecule has 11 heteroatoms. The van der Waals surface area contributed by atoms with Crippen LogP contribution in [-0.2, 0) is 4.79 Å². The van der Waals surface area contributed by atoms with Crippen molar-refractivity contribution in [2.45, 2.75) is 25.6 Å². The molecule has 0 radical (unpaired) electrons. The van der Waals surface area contributed by atoms with Crippen molar-refractivity contribution in [3.8, 4) is 5.75 Å². The summed E-state index contributed by atoms with van der Waals surface area (Å²) in [5.74, 6) is -0.862. The van der Waals surface area contributed by atoms with Gasteiger partial charge < -0.3 is 20.3 Å². The van der Waals surface area contributed by atoms with Gasteiger partial charge >= 0.3 is 6.18 Å². The summed E-state index contributed by atoms with van der Waals surface area (Å²) < 4.78 is 56.1. The summed E-state index contributed by atoms with van der Waals surface area (Å²) in [5.41, 5.74) is 0. The lowest BCUT2D eigenvalue weighted by atomic mass is 10.2. The molecule has 0 heterocycles. The van der Waals surface area contributed by atoms with Gasteiger partial charge in [0.25, 0.3) is 0 Å². The molecule has 1 unspecified atom stereocenters. The number of hydrogen-bond donors (Lipinski definition) is 2. The number of carbonyl (C=O) groups excluding carboxylic acids is 1. The zero-order valence-corrected chi connectivity index (χ0v) is 18.2. The topological polar surface area (TPSA) is 66.0 Å². The number of nitrogens with zero attached hydrogens (tertiary/aromatic N) is 2. The molecule has 0 spiro atoms. The first-order valence-electron chi connectivity index (χ1n) is 8.32. The molecule has 1 aromatic rings. The summed E-state index contributed by atoms with van der Waals surface area (Å²) >= 11 is 0. The van der Waals surface area contributed by atoms with E-state index in [4.69, 9.17) is 4.74 Å². The average Bonchev–Trinajstić information content (AvgIpc) is 2.60. The maximum atomic E-state index is 13.7. The molecule has 0 fully saturated rings. The minimum atomic E-state index is -4.46. The number of amides is 1. The fraction of sp³-hybridized carbons (Fsp3) is 0.529. The standard InChI is InChI=1S/C17H24F4N4O2.HI/c1-4-12(27-14-8-6-5-7-13(14)18)9-23-16(22-2)24-10-15(26)25(3)11-17(19,20)21;/h5-8,12H,4,9-11H2,1-3H3,(H2,22,23,24);1H. The van der Waals surface area contributed by atoms with Crippen LogP contribution in [0.2, 0.25) is 0 Å². The van der Waals surface area contributed by atoms with Gasteiger partial charge in [0.05, 0.1) is 13.1 Å². The second kappa shape index (κ2) is 12.6. The first-order valence-corrected chi connectivity index (χ1v) is 8.32. The smallest absolute Gasteiger partial charge is 0.406 e. The lowest BCUT2D eigenvalue weighted by molar-refractivity contribution is -0.157. The maximum Gasteiger partial charge on any atom is 0.406 e. The molecule has 2 N–H and O–H groups in total. The van der Waals surface area contributed by atoms with E-state index in [2.05, 4.69) is 15.6 Å². The van der Waals surface area contributed by atoms with Crippen molar-refractivity contribution in [2.75, 3.05) is 33.7 Å². The van der Waals surface area contributed by atoms with E-state index in [1.54, 1.807) is 12.1 Å². The van der Waals surface area contributed by atoms with Crippen LogP contribution in [-0.4, -0.2) is 62.8 Å². The highest BCUT2D eigenvalue weighted by Crippen LogP contribution is 2.18. The molecule has 0 saturated carbocycles. The highest BCUT2D eigenvalue weighted by Gasteiger charge is 2.31. The lowest BCUT2D eigenvalue weighted by Crippen LogP contribution is -2.47. The molecule has 0 aliphatic carbocycles. The third-order valence-corrected chi connectivity index (χ3v) is 3.56. The van der Waals surface area contributed by atoms with E-state index in [-0.39, 0.29) is 54.9 Å². The summed E-state index contributed by atoms with van der Waals surface area (Å²) in [7, 11) is 2.53. The van der Waals surface area contributed by atoms with Crippen LogP contribution in [0.4, 0.5) is 17.6 Å². The molecule has 6 nitrogen and oxygen atoms in total. The Kier molecular flexibility index (Phi) is 11.8. The summed E-state index contributed by atoms with van der Waals surface area (Å²) in [6.45, 7) is 0.446. The van der Waals surface area contributed by atoms with Gasteiger partial charge in [0, 0.05) is 14.1 Å². The van der Waals surface area contributed by atoms with Crippen LogP contribution >= 0.6 is 24.0 Å². The highest BCUT2D eigenvalue weighted by atomic mass is 127. The van der Waals surface area contributed by atoms with Gasteiger partial charge in [0.1, 0.15) is 12.6 Å². The quantitative estimate of drug-likeness (QED) is 0.240. The fourth-order valence-electron chi connectivity index (χ4n) is 2.07. The first-order chi connectivity index (χ1) is 12.7. The van der Waals surface area contributed by atoms with Crippen molar-refractivity contribution in [3.63, 3.8) is 0 Å². The number of benzene rings is 1. The zero-order chi connectivity index (χ0) is 20.4. The van der Waals surface area contributed by atoms with Crippen molar-refractivity contribution in [3.05, 3.63) is 30.1 Å². The minimum Gasteiger partial charge on any atom is -0.486 e. The minimum absolute atomic E-state index is 0. The largest absolute Gasteiger partial charge is 0.486 e. The molecular formula is C17H25F4IN4O2. The maximum absolute atomic E-state index is 13.7. The van der Waals surface area contributed by atoms with E-state index in [0.29, 0.717) is 11.3 Å². The second-order valence-corrected chi connectivity index (χ2v) is 5.75.